The number of aliphatic hydroxyl groups is 2. The lowest BCUT2D eigenvalue weighted by Crippen LogP contribution is -2.62. The van der Waals surface area contributed by atoms with E-state index < -0.39 is 32.1 Å². The van der Waals surface area contributed by atoms with Gasteiger partial charge < -0.3 is 39.5 Å². The number of phosphoric acid groups is 1. The van der Waals surface area contributed by atoms with Crippen molar-refractivity contribution >= 4 is 25.3 Å². The molecular formula is C55H78NO11P. The number of carbonyl (C=O) groups excluding carboxylic acids is 1. The summed E-state index contributed by atoms with van der Waals surface area (Å²) < 4.78 is 29.9. The van der Waals surface area contributed by atoms with Crippen LogP contribution < -0.4 is 4.90 Å². The number of nitrogens with zero attached hydrogens (tertiary/aromatic N) is 1. The van der Waals surface area contributed by atoms with Crippen LogP contribution in [0.1, 0.15) is 142 Å². The van der Waals surface area contributed by atoms with Crippen molar-refractivity contribution in [1.29, 1.82) is 0 Å². The number of likely N-dealkylation sites (N-methyl/N-ethyl adjacent to an activating group) is 1. The van der Waals surface area contributed by atoms with Gasteiger partial charge in [-0.2, -0.15) is 0 Å². The van der Waals surface area contributed by atoms with E-state index in [9.17, 15) is 39.3 Å². The van der Waals surface area contributed by atoms with Crippen LogP contribution in [0.15, 0.2) is 47.1 Å². The van der Waals surface area contributed by atoms with Crippen LogP contribution in [0.2, 0.25) is 0 Å². The minimum absolute atomic E-state index is 0.0254. The van der Waals surface area contributed by atoms with E-state index in [1.165, 1.54) is 22.3 Å². The van der Waals surface area contributed by atoms with Crippen molar-refractivity contribution in [2.24, 2.45) is 69.5 Å². The van der Waals surface area contributed by atoms with E-state index in [1.54, 1.807) is 0 Å². The van der Waals surface area contributed by atoms with Gasteiger partial charge in [-0.1, -0.05) is 57.4 Å². The molecule has 0 aliphatic heterocycles. The Kier molecular flexibility index (Phi) is 14.2. The molecule has 0 aromatic heterocycles. The third kappa shape index (κ3) is 8.94. The van der Waals surface area contributed by atoms with E-state index in [4.69, 9.17) is 14.0 Å². The summed E-state index contributed by atoms with van der Waals surface area (Å²) in [4.78, 5) is 46.3. The number of aliphatic carboxylic acids is 1. The Bertz CT molecular complexity index is 2260. The zero-order valence-corrected chi connectivity index (χ0v) is 42.2. The van der Waals surface area contributed by atoms with Gasteiger partial charge in [0.05, 0.1) is 36.9 Å². The molecule has 0 heterocycles. The largest absolute Gasteiger partial charge is 0.481 e. The minimum atomic E-state index is -4.76. The topological polar surface area (TPSA) is 183 Å². The fourth-order valence-electron chi connectivity index (χ4n) is 17.0. The van der Waals surface area contributed by atoms with Crippen molar-refractivity contribution in [3.05, 3.63) is 52.6 Å². The van der Waals surface area contributed by atoms with Gasteiger partial charge in [0, 0.05) is 31.6 Å². The molecule has 17 atom stereocenters. The molecule has 1 aromatic carbocycles. The number of phosphoric ester groups is 1. The van der Waals surface area contributed by atoms with Crippen molar-refractivity contribution in [1.82, 2.24) is 0 Å². The number of hydrogen-bond acceptors (Lipinski definition) is 9. The molecule has 6 saturated carbocycles. The summed E-state index contributed by atoms with van der Waals surface area (Å²) in [6.45, 7) is 11.6. The number of allylic oxidation sites excluding steroid dienone is 4. The first-order chi connectivity index (χ1) is 32.3. The fourth-order valence-corrected chi connectivity index (χ4v) is 17.2. The van der Waals surface area contributed by atoms with Crippen LogP contribution in [0.4, 0.5) is 5.69 Å². The molecule has 9 rings (SSSR count). The highest BCUT2D eigenvalue weighted by Gasteiger charge is 2.66. The molecule has 8 aliphatic rings. The Labute approximate surface area is 404 Å². The Morgan fingerprint density at radius 2 is 1.72 bits per heavy atom. The molecule has 12 nitrogen and oxygen atoms in total. The average Bonchev–Trinajstić information content (AvgIpc) is 3.81. The number of carboxylic acid groups (broad SMARTS) is 1. The molecule has 8 aliphatic carbocycles. The van der Waals surface area contributed by atoms with E-state index in [2.05, 4.69) is 75.7 Å². The maximum atomic E-state index is 13.2. The first-order valence-corrected chi connectivity index (χ1v) is 27.5. The van der Waals surface area contributed by atoms with Gasteiger partial charge in [-0.05, 0) is 189 Å². The lowest BCUT2D eigenvalue weighted by molar-refractivity contribution is -0.227. The third-order valence-corrected chi connectivity index (χ3v) is 20.8. The van der Waals surface area contributed by atoms with Crippen molar-refractivity contribution in [3.8, 4) is 11.8 Å². The van der Waals surface area contributed by atoms with Crippen LogP contribution in [0.5, 0.6) is 0 Å². The number of ether oxygens (including phenoxy) is 2. The summed E-state index contributed by atoms with van der Waals surface area (Å²) in [7, 11) is -2.61. The first-order valence-electron chi connectivity index (χ1n) is 26.0. The van der Waals surface area contributed by atoms with E-state index in [0.717, 1.165) is 69.9 Å². The highest BCUT2D eigenvalue weighted by molar-refractivity contribution is 7.46. The van der Waals surface area contributed by atoms with Crippen LogP contribution in [0.3, 0.4) is 0 Å². The van der Waals surface area contributed by atoms with E-state index in [1.807, 2.05) is 13.0 Å². The predicted molar refractivity (Wildman–Crippen MR) is 259 cm³/mol. The van der Waals surface area contributed by atoms with Crippen LogP contribution >= 0.6 is 7.82 Å². The molecule has 0 saturated heterocycles. The van der Waals surface area contributed by atoms with E-state index in [0.29, 0.717) is 50.7 Å². The molecule has 0 amide bonds. The number of carboxylic acids is 1. The van der Waals surface area contributed by atoms with Crippen LogP contribution in [-0.2, 0) is 28.2 Å². The highest BCUT2D eigenvalue weighted by atomic mass is 31.2. The number of benzene rings is 1. The van der Waals surface area contributed by atoms with Crippen LogP contribution in [0.25, 0.3) is 0 Å². The van der Waals surface area contributed by atoms with Crippen molar-refractivity contribution < 1.29 is 53.3 Å². The predicted octanol–water partition coefficient (Wildman–Crippen LogP) is 9.21. The van der Waals surface area contributed by atoms with Gasteiger partial charge >= 0.3 is 13.8 Å². The lowest BCUT2D eigenvalue weighted by atomic mass is 9.43. The summed E-state index contributed by atoms with van der Waals surface area (Å²) in [5.41, 5.74) is 5.75. The SMILES string of the molecule is CC#CC1CC2=C3C(c4ccccc4N(C)CCO[C@H]4CC[C@@]5(C)[C@@H](C4)C[C@@H](OCOP(=O)(O)O)[C@@H]4[C@@H]5C[C@H](O)[C@]5(C)[C@@H]([C@H](C)CCC(=O)O)CC[C@@H]45)C[C@@]4(C)C(CC[C@H]4O)C3CCC2=CC1=O. The fraction of sp³-hybridized carbons (Fsp3) is 0.745. The number of aliphatic hydroxyl groups excluding tert-OH is 2. The number of para-hydroxylation sites is 1. The van der Waals surface area contributed by atoms with Gasteiger partial charge in [0.25, 0.3) is 0 Å². The zero-order chi connectivity index (χ0) is 48.5. The van der Waals surface area contributed by atoms with E-state index in [-0.39, 0.29) is 88.7 Å². The monoisotopic (exact) mass is 960 g/mol. The average molecular weight is 960 g/mol. The summed E-state index contributed by atoms with van der Waals surface area (Å²) in [6, 6.07) is 8.75. The normalized spacial score (nSPS) is 41.2. The number of anilines is 1. The third-order valence-electron chi connectivity index (χ3n) is 20.4. The molecule has 5 N–H and O–H groups in total. The quantitative estimate of drug-likeness (QED) is 0.0678. The van der Waals surface area contributed by atoms with Crippen molar-refractivity contribution in [3.63, 3.8) is 0 Å². The Balaban J connectivity index is 0.917. The Morgan fingerprint density at radius 3 is 2.47 bits per heavy atom. The number of ketones is 1. The molecule has 6 fully saturated rings. The molecule has 0 bridgehead atoms. The van der Waals surface area contributed by atoms with Crippen molar-refractivity contribution in [2.75, 3.05) is 31.9 Å². The molecule has 4 unspecified atom stereocenters. The summed E-state index contributed by atoms with van der Waals surface area (Å²) in [5, 5.41) is 33.3. The molecular weight excluding hydrogens is 882 g/mol. The molecule has 0 radical (unpaired) electrons. The molecule has 13 heteroatoms. The summed E-state index contributed by atoms with van der Waals surface area (Å²) >= 11 is 0. The molecule has 374 valence electrons. The Hall–Kier alpha value is -2.85. The van der Waals surface area contributed by atoms with Gasteiger partial charge in [0.15, 0.2) is 12.6 Å². The summed E-state index contributed by atoms with van der Waals surface area (Å²) in [6.07, 6.45) is 12.5. The standard InChI is InChI=1S/C55H78NO11P/c1-7-10-34-25-39-33(26-46(34)57)14-15-38-42-18-19-48(58)54(42,4)30-40(51(38)39)37-11-8-9-12-45(37)56(6)23-24-65-36-21-22-53(3)35(27-36)28-47(66-31-67-68(62,63)64)52-43-17-16-41(32(2)13-20-50(60)61)55(43,5)49(59)29-44(52)53/h8-9,11-12,26,32,34-36,38,40-44,47-49,52,58-59H,13-25,27-31H2,1-6H3,(H,60,61)(H2,62,63,64)/t32-,34?,35+,36+,38?,40?,41-,42?,43+,44+,47-,48-,49+,52+,53+,54+,55-/m1/s1. The van der Waals surface area contributed by atoms with Crippen LogP contribution in [0, 0.1) is 81.3 Å². The lowest BCUT2D eigenvalue weighted by Gasteiger charge is -2.64. The van der Waals surface area contributed by atoms with Crippen molar-refractivity contribution in [2.45, 2.75) is 161 Å². The second-order valence-corrected chi connectivity index (χ2v) is 24.6. The zero-order valence-electron chi connectivity index (χ0n) is 41.3. The van der Waals surface area contributed by atoms with Crippen LogP contribution in [-0.4, -0.2) is 88.3 Å². The second kappa shape index (κ2) is 19.3. The number of hydrogen-bond donors (Lipinski definition) is 5. The maximum Gasteiger partial charge on any atom is 0.471 e. The smallest absolute Gasteiger partial charge is 0.471 e. The Morgan fingerprint density at radius 1 is 0.956 bits per heavy atom. The molecule has 1 aromatic rings. The van der Waals surface area contributed by atoms with Gasteiger partial charge in [-0.15, -0.1) is 5.92 Å². The second-order valence-electron chi connectivity index (χ2n) is 23.4. The molecule has 0 spiro atoms. The highest BCUT2D eigenvalue weighted by Crippen LogP contribution is 2.69. The number of rotatable bonds is 14. The van der Waals surface area contributed by atoms with Gasteiger partial charge in [-0.3, -0.25) is 14.1 Å². The van der Waals surface area contributed by atoms with Gasteiger partial charge in [0.1, 0.15) is 0 Å². The van der Waals surface area contributed by atoms with Gasteiger partial charge in [-0.25, -0.2) is 4.57 Å². The number of carbonyl (C=O) groups is 2. The van der Waals surface area contributed by atoms with E-state index >= 15 is 0 Å². The minimum Gasteiger partial charge on any atom is -0.481 e. The number of fused-ring (bicyclic) bond motifs is 9. The maximum absolute atomic E-state index is 13.2. The summed E-state index contributed by atoms with van der Waals surface area (Å²) in [5.74, 6) is 6.97. The van der Waals surface area contributed by atoms with Gasteiger partial charge in [0.2, 0.25) is 0 Å². The molecule has 68 heavy (non-hydrogen) atoms. The first kappa shape index (κ1) is 50.1.